The number of carbonyl (C=O) groups is 1. The molecule has 1 unspecified atom stereocenters. The number of nitrogens with one attached hydrogen (secondary N) is 1. The number of methoxy groups -OCH3 is 1. The van der Waals surface area contributed by atoms with Crippen molar-refractivity contribution in [1.29, 1.82) is 0 Å². The van der Waals surface area contributed by atoms with Crippen LogP contribution < -0.4 is 20.7 Å². The summed E-state index contributed by atoms with van der Waals surface area (Å²) in [7, 11) is 3.20. The smallest absolute Gasteiger partial charge is 0.263 e. The monoisotopic (exact) mass is 301 g/mol. The molecular weight excluding hydrogens is 282 g/mol. The van der Waals surface area contributed by atoms with Crippen LogP contribution in [0, 0.1) is 0 Å². The number of nitrogens with two attached hydrogens (primary N) is 1. The number of ether oxygens (including phenoxy) is 1. The Hall–Kier alpha value is -1.08. The van der Waals surface area contributed by atoms with Crippen LogP contribution in [0.2, 0.25) is 0 Å². The number of carbonyl (C=O) groups excluding carboxylic acids is 1. The van der Waals surface area contributed by atoms with Gasteiger partial charge >= 0.3 is 0 Å². The van der Waals surface area contributed by atoms with Crippen LogP contribution in [0.5, 0.6) is 5.75 Å². The SMILES string of the molecule is CNC(=O)c1sc(N2CCSC(C)C2)c(OC)c1N. The molecule has 1 aromatic heterocycles. The van der Waals surface area contributed by atoms with Gasteiger partial charge in [0.15, 0.2) is 5.75 Å². The number of hydrogen-bond donors (Lipinski definition) is 2. The zero-order chi connectivity index (χ0) is 14.0. The molecule has 3 N–H and O–H groups in total. The van der Waals surface area contributed by atoms with Gasteiger partial charge in [-0.05, 0) is 0 Å². The Morgan fingerprint density at radius 2 is 2.32 bits per heavy atom. The van der Waals surface area contributed by atoms with E-state index in [0.29, 0.717) is 21.6 Å². The van der Waals surface area contributed by atoms with E-state index in [1.165, 1.54) is 11.3 Å². The second kappa shape index (κ2) is 5.92. The average Bonchev–Trinajstić information content (AvgIpc) is 2.75. The van der Waals surface area contributed by atoms with Gasteiger partial charge in [-0.3, -0.25) is 4.79 Å². The summed E-state index contributed by atoms with van der Waals surface area (Å²) in [5.74, 6) is 1.55. The zero-order valence-corrected chi connectivity index (χ0v) is 13.0. The number of amides is 1. The molecule has 1 atom stereocenters. The molecule has 1 amide bonds. The molecule has 106 valence electrons. The fourth-order valence-electron chi connectivity index (χ4n) is 2.11. The zero-order valence-electron chi connectivity index (χ0n) is 11.4. The van der Waals surface area contributed by atoms with E-state index in [-0.39, 0.29) is 5.91 Å². The lowest BCUT2D eigenvalue weighted by molar-refractivity contribution is 0.0967. The van der Waals surface area contributed by atoms with Crippen LogP contribution in [0.3, 0.4) is 0 Å². The third-order valence-electron chi connectivity index (χ3n) is 3.05. The summed E-state index contributed by atoms with van der Waals surface area (Å²) in [6.45, 7) is 4.12. The summed E-state index contributed by atoms with van der Waals surface area (Å²) in [5, 5.41) is 4.15. The van der Waals surface area contributed by atoms with E-state index in [9.17, 15) is 4.79 Å². The number of nitrogens with zero attached hydrogens (tertiary/aromatic N) is 1. The fraction of sp³-hybridized carbons (Fsp3) is 0.583. The number of thioether (sulfide) groups is 1. The van der Waals surface area contributed by atoms with Gasteiger partial charge in [-0.25, -0.2) is 0 Å². The first kappa shape index (κ1) is 14.3. The highest BCUT2D eigenvalue weighted by atomic mass is 32.2. The maximum atomic E-state index is 11.8. The minimum Gasteiger partial charge on any atom is -0.492 e. The summed E-state index contributed by atoms with van der Waals surface area (Å²) < 4.78 is 5.40. The highest BCUT2D eigenvalue weighted by Gasteiger charge is 2.27. The first-order chi connectivity index (χ1) is 9.08. The maximum absolute atomic E-state index is 11.8. The van der Waals surface area contributed by atoms with E-state index in [0.717, 1.165) is 23.8 Å². The van der Waals surface area contributed by atoms with Crippen LogP contribution in [-0.4, -0.2) is 44.2 Å². The lowest BCUT2D eigenvalue weighted by Gasteiger charge is -2.31. The van der Waals surface area contributed by atoms with E-state index in [1.807, 2.05) is 11.8 Å². The third-order valence-corrected chi connectivity index (χ3v) is 5.43. The molecule has 1 aromatic rings. The molecule has 1 aliphatic rings. The van der Waals surface area contributed by atoms with Gasteiger partial charge in [-0.1, -0.05) is 6.92 Å². The van der Waals surface area contributed by atoms with Crippen molar-refractivity contribution in [1.82, 2.24) is 5.32 Å². The van der Waals surface area contributed by atoms with Gasteiger partial charge in [0, 0.05) is 31.1 Å². The normalized spacial score (nSPS) is 19.3. The number of nitrogen functional groups attached to an aromatic ring is 1. The van der Waals surface area contributed by atoms with Crippen molar-refractivity contribution in [3.8, 4) is 5.75 Å². The molecule has 1 saturated heterocycles. The second-order valence-electron chi connectivity index (χ2n) is 4.39. The van der Waals surface area contributed by atoms with E-state index in [4.69, 9.17) is 10.5 Å². The van der Waals surface area contributed by atoms with Crippen LogP contribution in [0.4, 0.5) is 10.7 Å². The molecule has 2 heterocycles. The van der Waals surface area contributed by atoms with Gasteiger partial charge in [0.2, 0.25) is 0 Å². The van der Waals surface area contributed by atoms with E-state index in [1.54, 1.807) is 14.2 Å². The molecule has 0 spiro atoms. The van der Waals surface area contributed by atoms with Crippen molar-refractivity contribution in [3.05, 3.63) is 4.88 Å². The highest BCUT2D eigenvalue weighted by Crippen LogP contribution is 2.45. The van der Waals surface area contributed by atoms with Gasteiger partial charge < -0.3 is 20.7 Å². The van der Waals surface area contributed by atoms with E-state index < -0.39 is 0 Å². The summed E-state index contributed by atoms with van der Waals surface area (Å²) in [5.41, 5.74) is 6.46. The van der Waals surface area contributed by atoms with Crippen molar-refractivity contribution in [2.24, 2.45) is 0 Å². The molecule has 0 aliphatic carbocycles. The summed E-state index contributed by atoms with van der Waals surface area (Å²) >= 11 is 3.37. The number of rotatable bonds is 3. The molecule has 19 heavy (non-hydrogen) atoms. The first-order valence-electron chi connectivity index (χ1n) is 6.13. The molecule has 1 fully saturated rings. The largest absolute Gasteiger partial charge is 0.492 e. The topological polar surface area (TPSA) is 67.6 Å². The van der Waals surface area contributed by atoms with Crippen LogP contribution in [0.1, 0.15) is 16.6 Å². The molecule has 0 saturated carbocycles. The Morgan fingerprint density at radius 3 is 2.89 bits per heavy atom. The van der Waals surface area contributed by atoms with Crippen LogP contribution in [0.15, 0.2) is 0 Å². The number of hydrogen-bond acceptors (Lipinski definition) is 6. The van der Waals surface area contributed by atoms with Crippen molar-refractivity contribution in [2.45, 2.75) is 12.2 Å². The third kappa shape index (κ3) is 2.76. The van der Waals surface area contributed by atoms with Gasteiger partial charge in [-0.15, -0.1) is 11.3 Å². The number of anilines is 2. The van der Waals surface area contributed by atoms with Crippen molar-refractivity contribution in [3.63, 3.8) is 0 Å². The molecule has 0 aromatic carbocycles. The lowest BCUT2D eigenvalue weighted by atomic mass is 10.3. The van der Waals surface area contributed by atoms with Gasteiger partial charge in [0.1, 0.15) is 15.6 Å². The number of thiophene rings is 1. The molecule has 2 rings (SSSR count). The molecule has 7 heteroatoms. The Balaban J connectivity index is 2.36. The van der Waals surface area contributed by atoms with Gasteiger partial charge in [0.05, 0.1) is 7.11 Å². The standard InChI is InChI=1S/C12H19N3O2S2/c1-7-6-15(4-5-18-7)12-9(17-3)8(13)10(19-12)11(16)14-2/h7H,4-6,13H2,1-3H3,(H,14,16). The van der Waals surface area contributed by atoms with E-state index in [2.05, 4.69) is 17.1 Å². The maximum Gasteiger partial charge on any atom is 0.263 e. The molecule has 5 nitrogen and oxygen atoms in total. The van der Waals surface area contributed by atoms with Gasteiger partial charge in [0.25, 0.3) is 5.91 Å². The minimum absolute atomic E-state index is 0.161. The summed E-state index contributed by atoms with van der Waals surface area (Å²) in [4.78, 5) is 14.6. The van der Waals surface area contributed by atoms with Crippen molar-refractivity contribution < 1.29 is 9.53 Å². The second-order valence-corrected chi connectivity index (χ2v) is 6.94. The average molecular weight is 301 g/mol. The first-order valence-corrected chi connectivity index (χ1v) is 7.99. The Morgan fingerprint density at radius 1 is 1.58 bits per heavy atom. The predicted molar refractivity (Wildman–Crippen MR) is 82.8 cm³/mol. The van der Waals surface area contributed by atoms with Crippen LogP contribution in [0.25, 0.3) is 0 Å². The molecule has 0 radical (unpaired) electrons. The van der Waals surface area contributed by atoms with Crippen LogP contribution in [-0.2, 0) is 0 Å². The Bertz CT molecular complexity index is 476. The van der Waals surface area contributed by atoms with Crippen molar-refractivity contribution in [2.75, 3.05) is 43.6 Å². The predicted octanol–water partition coefficient (Wildman–Crippen LogP) is 1.64. The van der Waals surface area contributed by atoms with Crippen molar-refractivity contribution >= 4 is 39.7 Å². The minimum atomic E-state index is -0.161. The van der Waals surface area contributed by atoms with E-state index >= 15 is 0 Å². The molecular formula is C12H19N3O2S2. The quantitative estimate of drug-likeness (QED) is 0.888. The molecule has 1 aliphatic heterocycles. The highest BCUT2D eigenvalue weighted by molar-refractivity contribution is 8.00. The van der Waals surface area contributed by atoms with Crippen LogP contribution >= 0.6 is 23.1 Å². The fourth-order valence-corrected chi connectivity index (χ4v) is 4.29. The lowest BCUT2D eigenvalue weighted by Crippen LogP contribution is -2.36. The Labute approximate surface area is 121 Å². The Kier molecular flexibility index (Phi) is 4.46. The summed E-state index contributed by atoms with van der Waals surface area (Å²) in [6, 6.07) is 0. The van der Waals surface area contributed by atoms with Gasteiger partial charge in [-0.2, -0.15) is 11.8 Å². The molecule has 0 bridgehead atoms. The summed E-state index contributed by atoms with van der Waals surface area (Å²) in [6.07, 6.45) is 0.